The lowest BCUT2D eigenvalue weighted by molar-refractivity contribution is -0.143. The van der Waals surface area contributed by atoms with Crippen molar-refractivity contribution in [3.05, 3.63) is 100 Å². The summed E-state index contributed by atoms with van der Waals surface area (Å²) in [4.78, 5) is 28.4. The predicted molar refractivity (Wildman–Crippen MR) is 139 cm³/mol. The lowest BCUT2D eigenvalue weighted by Gasteiger charge is -2.32. The van der Waals surface area contributed by atoms with Crippen molar-refractivity contribution in [3.8, 4) is 5.75 Å². The lowest BCUT2D eigenvalue weighted by Crippen LogP contribution is -2.52. The second-order valence-electron chi connectivity index (χ2n) is 8.62. The summed E-state index contributed by atoms with van der Waals surface area (Å²) in [5.74, 6) is 0.171. The maximum absolute atomic E-state index is 13.5. The molecule has 0 aliphatic rings. The Hall–Kier alpha value is -3.12. The number of hydrogen-bond acceptors (Lipinski definition) is 3. The molecule has 178 valence electrons. The molecular formula is C28H31BrN2O3. The topological polar surface area (TPSA) is 58.6 Å². The summed E-state index contributed by atoms with van der Waals surface area (Å²) < 4.78 is 6.71. The van der Waals surface area contributed by atoms with Gasteiger partial charge in [0.1, 0.15) is 11.8 Å². The summed E-state index contributed by atoms with van der Waals surface area (Å²) in [6.07, 6.45) is 0.412. The van der Waals surface area contributed by atoms with Crippen LogP contribution >= 0.6 is 15.9 Å². The Labute approximate surface area is 210 Å². The SMILES string of the molecule is Cc1ccc(CN(C(=O)COc2ccc(Br)cc2)[C@@H](Cc2ccccc2)C(=O)NC(C)C)cc1. The number of rotatable bonds is 10. The molecule has 0 saturated carbocycles. The second kappa shape index (κ2) is 12.4. The number of carbonyl (C=O) groups is 2. The Morgan fingerprint density at radius 2 is 1.56 bits per heavy atom. The van der Waals surface area contributed by atoms with Gasteiger partial charge in [-0.2, -0.15) is 0 Å². The molecule has 1 N–H and O–H groups in total. The Kier molecular flexibility index (Phi) is 9.28. The molecule has 0 aromatic heterocycles. The van der Waals surface area contributed by atoms with Crippen LogP contribution in [-0.4, -0.2) is 35.4 Å². The number of benzene rings is 3. The molecule has 0 aliphatic carbocycles. The highest BCUT2D eigenvalue weighted by atomic mass is 79.9. The first-order valence-electron chi connectivity index (χ1n) is 11.4. The van der Waals surface area contributed by atoms with Gasteiger partial charge in [0.25, 0.3) is 5.91 Å². The summed E-state index contributed by atoms with van der Waals surface area (Å²) in [5, 5.41) is 2.99. The fourth-order valence-corrected chi connectivity index (χ4v) is 3.85. The first-order valence-corrected chi connectivity index (χ1v) is 12.2. The first-order chi connectivity index (χ1) is 16.3. The molecular weight excluding hydrogens is 492 g/mol. The minimum absolute atomic E-state index is 0.0406. The smallest absolute Gasteiger partial charge is 0.261 e. The number of nitrogens with zero attached hydrogens (tertiary/aromatic N) is 1. The van der Waals surface area contributed by atoms with Crippen molar-refractivity contribution in [2.75, 3.05) is 6.61 Å². The highest BCUT2D eigenvalue weighted by Gasteiger charge is 2.31. The van der Waals surface area contributed by atoms with Crippen molar-refractivity contribution >= 4 is 27.7 Å². The van der Waals surface area contributed by atoms with E-state index < -0.39 is 6.04 Å². The Bertz CT molecular complexity index is 1070. The molecule has 0 saturated heterocycles. The fourth-order valence-electron chi connectivity index (χ4n) is 3.58. The summed E-state index contributed by atoms with van der Waals surface area (Å²) >= 11 is 3.40. The molecule has 0 aliphatic heterocycles. The normalized spacial score (nSPS) is 11.7. The number of ether oxygens (including phenoxy) is 1. The van der Waals surface area contributed by atoms with Crippen molar-refractivity contribution in [2.45, 2.75) is 45.8 Å². The van der Waals surface area contributed by atoms with Crippen LogP contribution in [0.25, 0.3) is 0 Å². The third-order valence-corrected chi connectivity index (χ3v) is 5.88. The quantitative estimate of drug-likeness (QED) is 0.393. The van der Waals surface area contributed by atoms with E-state index in [4.69, 9.17) is 4.74 Å². The van der Waals surface area contributed by atoms with Crippen LogP contribution in [0.4, 0.5) is 0 Å². The summed E-state index contributed by atoms with van der Waals surface area (Å²) in [7, 11) is 0. The van der Waals surface area contributed by atoms with Crippen molar-refractivity contribution < 1.29 is 14.3 Å². The van der Waals surface area contributed by atoms with Gasteiger partial charge in [-0.3, -0.25) is 9.59 Å². The minimum atomic E-state index is -0.674. The van der Waals surface area contributed by atoms with Gasteiger partial charge < -0.3 is 15.0 Å². The third kappa shape index (κ3) is 7.73. The van der Waals surface area contributed by atoms with Crippen LogP contribution in [0.2, 0.25) is 0 Å². The molecule has 0 bridgehead atoms. The summed E-state index contributed by atoms with van der Waals surface area (Å²) in [6, 6.07) is 24.4. The van der Waals surface area contributed by atoms with Gasteiger partial charge >= 0.3 is 0 Å². The van der Waals surface area contributed by atoms with Crippen molar-refractivity contribution in [1.82, 2.24) is 10.2 Å². The summed E-state index contributed by atoms with van der Waals surface area (Å²) in [6.45, 7) is 6.01. The molecule has 5 nitrogen and oxygen atoms in total. The molecule has 0 heterocycles. The predicted octanol–water partition coefficient (Wildman–Crippen LogP) is 5.30. The number of aryl methyl sites for hydroxylation is 1. The van der Waals surface area contributed by atoms with Crippen LogP contribution in [0.5, 0.6) is 5.75 Å². The van der Waals surface area contributed by atoms with Crippen LogP contribution < -0.4 is 10.1 Å². The van der Waals surface area contributed by atoms with Gasteiger partial charge in [-0.15, -0.1) is 0 Å². The third-order valence-electron chi connectivity index (χ3n) is 5.35. The highest BCUT2D eigenvalue weighted by Crippen LogP contribution is 2.18. The molecule has 0 unspecified atom stereocenters. The van der Waals surface area contributed by atoms with Crippen LogP contribution in [0.1, 0.15) is 30.5 Å². The Balaban J connectivity index is 1.89. The minimum Gasteiger partial charge on any atom is -0.484 e. The molecule has 6 heteroatoms. The average Bonchev–Trinajstić information content (AvgIpc) is 2.82. The number of carbonyl (C=O) groups excluding carboxylic acids is 2. The van der Waals surface area contributed by atoms with Crippen LogP contribution in [0, 0.1) is 6.92 Å². The van der Waals surface area contributed by atoms with Gasteiger partial charge in [0, 0.05) is 23.5 Å². The van der Waals surface area contributed by atoms with Crippen molar-refractivity contribution in [2.24, 2.45) is 0 Å². The van der Waals surface area contributed by atoms with E-state index in [0.717, 1.165) is 21.2 Å². The zero-order valence-corrected chi connectivity index (χ0v) is 21.4. The van der Waals surface area contributed by atoms with Crippen molar-refractivity contribution in [1.29, 1.82) is 0 Å². The number of halogens is 1. The molecule has 3 aromatic carbocycles. The molecule has 3 rings (SSSR count). The first kappa shape index (κ1) is 25.5. The number of nitrogens with one attached hydrogen (secondary N) is 1. The van der Waals surface area contributed by atoms with E-state index in [1.807, 2.05) is 87.5 Å². The van der Waals surface area contributed by atoms with Gasteiger partial charge in [0.15, 0.2) is 6.61 Å². The second-order valence-corrected chi connectivity index (χ2v) is 9.53. The average molecular weight is 523 g/mol. The maximum atomic E-state index is 13.5. The van der Waals surface area contributed by atoms with Gasteiger partial charge in [0.2, 0.25) is 5.91 Å². The monoisotopic (exact) mass is 522 g/mol. The van der Waals surface area contributed by atoms with Crippen LogP contribution in [-0.2, 0) is 22.6 Å². The van der Waals surface area contributed by atoms with E-state index in [0.29, 0.717) is 18.7 Å². The van der Waals surface area contributed by atoms with E-state index in [1.54, 1.807) is 17.0 Å². The Morgan fingerprint density at radius 3 is 2.18 bits per heavy atom. The van der Waals surface area contributed by atoms with E-state index >= 15 is 0 Å². The van der Waals surface area contributed by atoms with Crippen LogP contribution in [0.3, 0.4) is 0 Å². The van der Waals surface area contributed by atoms with E-state index in [9.17, 15) is 9.59 Å². The fraction of sp³-hybridized carbons (Fsp3) is 0.286. The van der Waals surface area contributed by atoms with E-state index in [1.165, 1.54) is 0 Å². The van der Waals surface area contributed by atoms with Gasteiger partial charge in [-0.05, 0) is 56.2 Å². The summed E-state index contributed by atoms with van der Waals surface area (Å²) in [5.41, 5.74) is 3.08. The van der Waals surface area contributed by atoms with E-state index in [-0.39, 0.29) is 24.5 Å². The van der Waals surface area contributed by atoms with E-state index in [2.05, 4.69) is 21.2 Å². The molecule has 0 radical (unpaired) electrons. The van der Waals surface area contributed by atoms with Crippen molar-refractivity contribution in [3.63, 3.8) is 0 Å². The highest BCUT2D eigenvalue weighted by molar-refractivity contribution is 9.10. The zero-order valence-electron chi connectivity index (χ0n) is 19.8. The zero-order chi connectivity index (χ0) is 24.5. The standard InChI is InChI=1S/C28H31BrN2O3/c1-20(2)30-28(33)26(17-22-7-5-4-6-8-22)31(18-23-11-9-21(3)10-12-23)27(32)19-34-25-15-13-24(29)14-16-25/h4-16,20,26H,17-19H2,1-3H3,(H,30,33)/t26-/m0/s1. The molecule has 34 heavy (non-hydrogen) atoms. The molecule has 1 atom stereocenters. The Morgan fingerprint density at radius 1 is 0.912 bits per heavy atom. The molecule has 0 fully saturated rings. The molecule has 0 spiro atoms. The lowest BCUT2D eigenvalue weighted by atomic mass is 10.0. The van der Waals surface area contributed by atoms with Gasteiger partial charge in [0.05, 0.1) is 0 Å². The number of amides is 2. The molecule has 2 amide bonds. The number of hydrogen-bond donors (Lipinski definition) is 1. The largest absolute Gasteiger partial charge is 0.484 e. The maximum Gasteiger partial charge on any atom is 0.261 e. The van der Waals surface area contributed by atoms with Gasteiger partial charge in [-0.1, -0.05) is 76.1 Å². The molecule has 3 aromatic rings. The van der Waals surface area contributed by atoms with Gasteiger partial charge in [-0.25, -0.2) is 0 Å². The van der Waals surface area contributed by atoms with Crippen LogP contribution in [0.15, 0.2) is 83.3 Å².